The molecule has 4 unspecified atom stereocenters. The van der Waals surface area contributed by atoms with E-state index >= 15 is 0 Å². The summed E-state index contributed by atoms with van der Waals surface area (Å²) in [6.07, 6.45) is -0.950. The number of guanidine groups is 1. The van der Waals surface area contributed by atoms with E-state index < -0.39 is 61.1 Å². The van der Waals surface area contributed by atoms with Crippen LogP contribution < -0.4 is 33.2 Å². The van der Waals surface area contributed by atoms with Crippen LogP contribution in [0.2, 0.25) is 0 Å². The minimum absolute atomic E-state index is 0.0968. The van der Waals surface area contributed by atoms with Gasteiger partial charge < -0.3 is 48.5 Å². The van der Waals surface area contributed by atoms with Crippen molar-refractivity contribution in [2.75, 3.05) is 19.7 Å². The first-order valence-electron chi connectivity index (χ1n) is 8.69. The monoisotopic (exact) mass is 419 g/mol. The molecule has 0 saturated carbocycles. The third kappa shape index (κ3) is 10.8. The summed E-state index contributed by atoms with van der Waals surface area (Å²) in [7, 11) is 0. The van der Waals surface area contributed by atoms with Gasteiger partial charge in [-0.3, -0.25) is 19.4 Å². The Hall–Kier alpha value is -2.97. The first-order chi connectivity index (χ1) is 13.5. The van der Waals surface area contributed by atoms with Crippen LogP contribution in [0.15, 0.2) is 4.99 Å². The summed E-state index contributed by atoms with van der Waals surface area (Å²) in [6, 6.07) is -3.89. The Morgan fingerprint density at radius 3 is 2.21 bits per heavy atom. The molecule has 4 atom stereocenters. The standard InChI is InChI=1S/C15H29N7O7/c1-7(24)11(14(28)29)22-10(25)5-20-13(27)9(3-2-4-19-15(17)18)21-12(26)8(16)6-23/h7-9,11,23-24H,2-6,16H2,1H3,(H,20,27)(H,21,26)(H,22,25)(H,28,29)(H4,17,18,19). The molecule has 0 aliphatic carbocycles. The van der Waals surface area contributed by atoms with Crippen molar-refractivity contribution in [3.8, 4) is 0 Å². The fourth-order valence-corrected chi connectivity index (χ4v) is 2.04. The molecule has 12 N–H and O–H groups in total. The molecule has 0 fully saturated rings. The van der Waals surface area contributed by atoms with Gasteiger partial charge in [0.15, 0.2) is 12.0 Å². The number of rotatable bonds is 13. The second-order valence-electron chi connectivity index (χ2n) is 6.14. The first kappa shape index (κ1) is 26.0. The van der Waals surface area contributed by atoms with Crippen molar-refractivity contribution in [1.82, 2.24) is 16.0 Å². The lowest BCUT2D eigenvalue weighted by atomic mass is 10.1. The summed E-state index contributed by atoms with van der Waals surface area (Å²) in [6.45, 7) is 0.140. The van der Waals surface area contributed by atoms with Crippen LogP contribution >= 0.6 is 0 Å². The van der Waals surface area contributed by atoms with E-state index in [1.54, 1.807) is 0 Å². The van der Waals surface area contributed by atoms with Crippen molar-refractivity contribution in [2.24, 2.45) is 22.2 Å². The van der Waals surface area contributed by atoms with E-state index in [1.807, 2.05) is 0 Å². The van der Waals surface area contributed by atoms with Crippen molar-refractivity contribution < 1.29 is 34.5 Å². The fraction of sp³-hybridized carbons (Fsp3) is 0.667. The SMILES string of the molecule is CC(O)C(NC(=O)CNC(=O)C(CCCN=C(N)N)NC(=O)C(N)CO)C(=O)O. The maximum absolute atomic E-state index is 12.3. The number of aliphatic hydroxyl groups is 2. The van der Waals surface area contributed by atoms with Gasteiger partial charge in [-0.05, 0) is 19.8 Å². The molecule has 0 bridgehead atoms. The number of carbonyl (C=O) groups is 4. The molecule has 0 heterocycles. The average molecular weight is 419 g/mol. The Balaban J connectivity index is 4.86. The van der Waals surface area contributed by atoms with Gasteiger partial charge in [-0.2, -0.15) is 0 Å². The smallest absolute Gasteiger partial charge is 0.328 e. The van der Waals surface area contributed by atoms with Gasteiger partial charge in [-0.25, -0.2) is 4.79 Å². The molecule has 0 spiro atoms. The number of nitrogens with one attached hydrogen (secondary N) is 3. The highest BCUT2D eigenvalue weighted by Gasteiger charge is 2.26. The molecule has 29 heavy (non-hydrogen) atoms. The van der Waals surface area contributed by atoms with Crippen LogP contribution in [-0.2, 0) is 19.2 Å². The molecule has 166 valence electrons. The van der Waals surface area contributed by atoms with Crippen LogP contribution in [-0.4, -0.2) is 88.9 Å². The second-order valence-corrected chi connectivity index (χ2v) is 6.14. The summed E-state index contributed by atoms with van der Waals surface area (Å²) < 4.78 is 0. The molecule has 0 aliphatic heterocycles. The largest absolute Gasteiger partial charge is 0.480 e. The predicted octanol–water partition coefficient (Wildman–Crippen LogP) is -5.09. The number of hydrogen-bond donors (Lipinski definition) is 9. The fourth-order valence-electron chi connectivity index (χ4n) is 2.04. The Morgan fingerprint density at radius 1 is 1.10 bits per heavy atom. The zero-order valence-electron chi connectivity index (χ0n) is 16.0. The van der Waals surface area contributed by atoms with Gasteiger partial charge in [0.05, 0.1) is 19.3 Å². The summed E-state index contributed by atoms with van der Waals surface area (Å²) in [5.74, 6) is -3.96. The summed E-state index contributed by atoms with van der Waals surface area (Å²) >= 11 is 0. The van der Waals surface area contributed by atoms with E-state index in [0.717, 1.165) is 0 Å². The maximum atomic E-state index is 12.3. The molecule has 14 heteroatoms. The first-order valence-corrected chi connectivity index (χ1v) is 8.69. The summed E-state index contributed by atoms with van der Waals surface area (Å²) in [5, 5.41) is 33.8. The Morgan fingerprint density at radius 2 is 1.72 bits per heavy atom. The Kier molecular flexibility index (Phi) is 11.9. The van der Waals surface area contributed by atoms with Crippen LogP contribution in [0.4, 0.5) is 0 Å². The number of aliphatic carboxylic acids is 1. The van der Waals surface area contributed by atoms with Crippen LogP contribution in [0, 0.1) is 0 Å². The highest BCUT2D eigenvalue weighted by atomic mass is 16.4. The zero-order valence-corrected chi connectivity index (χ0v) is 16.0. The zero-order chi connectivity index (χ0) is 22.6. The van der Waals surface area contributed by atoms with Crippen molar-refractivity contribution in [3.05, 3.63) is 0 Å². The molecule has 0 aliphatic rings. The van der Waals surface area contributed by atoms with Gasteiger partial charge in [-0.1, -0.05) is 0 Å². The molecule has 0 aromatic carbocycles. The van der Waals surface area contributed by atoms with Crippen molar-refractivity contribution in [1.29, 1.82) is 0 Å². The van der Waals surface area contributed by atoms with Crippen molar-refractivity contribution in [3.63, 3.8) is 0 Å². The Labute approximate surface area is 166 Å². The normalized spacial score (nSPS) is 14.6. The van der Waals surface area contributed by atoms with Gasteiger partial charge in [0.25, 0.3) is 0 Å². The maximum Gasteiger partial charge on any atom is 0.328 e. The van der Waals surface area contributed by atoms with Crippen LogP contribution in [0.25, 0.3) is 0 Å². The molecule has 0 aromatic heterocycles. The minimum atomic E-state index is -1.54. The van der Waals surface area contributed by atoms with Gasteiger partial charge in [0.1, 0.15) is 12.1 Å². The molecular formula is C15H29N7O7. The number of aliphatic hydroxyl groups excluding tert-OH is 2. The number of carboxylic acids is 1. The lowest BCUT2D eigenvalue weighted by Gasteiger charge is -2.21. The lowest BCUT2D eigenvalue weighted by Crippen LogP contribution is -2.55. The van der Waals surface area contributed by atoms with Crippen LogP contribution in [0.1, 0.15) is 19.8 Å². The number of nitrogens with zero attached hydrogens (tertiary/aromatic N) is 1. The van der Waals surface area contributed by atoms with E-state index in [1.165, 1.54) is 6.92 Å². The van der Waals surface area contributed by atoms with Gasteiger partial charge in [0.2, 0.25) is 17.7 Å². The lowest BCUT2D eigenvalue weighted by molar-refractivity contribution is -0.144. The number of amides is 3. The molecule has 3 amide bonds. The van der Waals surface area contributed by atoms with E-state index in [0.29, 0.717) is 6.42 Å². The number of hydrogen-bond acceptors (Lipinski definition) is 8. The molecule has 0 saturated heterocycles. The van der Waals surface area contributed by atoms with Crippen LogP contribution in [0.3, 0.4) is 0 Å². The summed E-state index contributed by atoms with van der Waals surface area (Å²) in [4.78, 5) is 50.7. The Bertz CT molecular complexity index is 608. The van der Waals surface area contributed by atoms with Gasteiger partial charge >= 0.3 is 5.97 Å². The number of carboxylic acid groups (broad SMARTS) is 1. The molecule has 0 aromatic rings. The van der Waals surface area contributed by atoms with Gasteiger partial charge in [-0.15, -0.1) is 0 Å². The molecule has 0 radical (unpaired) electrons. The number of aliphatic imine (C=N–C) groups is 1. The second kappa shape index (κ2) is 13.2. The number of carbonyl (C=O) groups excluding carboxylic acids is 3. The molecule has 0 rings (SSSR count). The van der Waals surface area contributed by atoms with E-state index in [4.69, 9.17) is 27.4 Å². The minimum Gasteiger partial charge on any atom is -0.480 e. The van der Waals surface area contributed by atoms with Crippen LogP contribution in [0.5, 0.6) is 0 Å². The van der Waals surface area contributed by atoms with E-state index in [2.05, 4.69) is 20.9 Å². The summed E-state index contributed by atoms with van der Waals surface area (Å²) in [5.41, 5.74) is 15.8. The third-order valence-electron chi connectivity index (χ3n) is 3.60. The third-order valence-corrected chi connectivity index (χ3v) is 3.60. The predicted molar refractivity (Wildman–Crippen MR) is 101 cm³/mol. The van der Waals surface area contributed by atoms with Crippen molar-refractivity contribution >= 4 is 29.7 Å². The number of nitrogens with two attached hydrogens (primary N) is 3. The van der Waals surface area contributed by atoms with E-state index in [9.17, 15) is 24.3 Å². The topological polar surface area (TPSA) is 255 Å². The molecular weight excluding hydrogens is 390 g/mol. The quantitative estimate of drug-likeness (QED) is 0.0779. The highest BCUT2D eigenvalue weighted by Crippen LogP contribution is 2.00. The van der Waals surface area contributed by atoms with Gasteiger partial charge in [0, 0.05) is 6.54 Å². The van der Waals surface area contributed by atoms with E-state index in [-0.39, 0.29) is 18.9 Å². The molecule has 14 nitrogen and oxygen atoms in total. The average Bonchev–Trinajstić information content (AvgIpc) is 2.64. The highest BCUT2D eigenvalue weighted by molar-refractivity contribution is 5.92. The van der Waals surface area contributed by atoms with Crippen molar-refractivity contribution in [2.45, 2.75) is 44.0 Å².